The number of amides is 2. The van der Waals surface area contributed by atoms with Gasteiger partial charge in [0, 0.05) is 29.9 Å². The Kier molecular flexibility index (Phi) is 5.56. The van der Waals surface area contributed by atoms with Gasteiger partial charge in [-0.1, -0.05) is 13.0 Å². The first kappa shape index (κ1) is 18.0. The van der Waals surface area contributed by atoms with E-state index in [2.05, 4.69) is 12.2 Å². The maximum atomic E-state index is 12.7. The van der Waals surface area contributed by atoms with Crippen LogP contribution in [0, 0.1) is 5.92 Å². The lowest BCUT2D eigenvalue weighted by Crippen LogP contribution is -2.38. The highest BCUT2D eigenvalue weighted by Gasteiger charge is 2.22. The quantitative estimate of drug-likeness (QED) is 0.910. The number of methoxy groups -OCH3 is 1. The Morgan fingerprint density at radius 1 is 1.04 bits per heavy atom. The van der Waals surface area contributed by atoms with E-state index in [0.717, 1.165) is 31.7 Å². The van der Waals surface area contributed by atoms with Crippen molar-refractivity contribution in [1.29, 1.82) is 0 Å². The minimum Gasteiger partial charge on any atom is -0.497 e. The molecule has 5 nitrogen and oxygen atoms in total. The van der Waals surface area contributed by atoms with Gasteiger partial charge in [-0.3, -0.25) is 9.59 Å². The summed E-state index contributed by atoms with van der Waals surface area (Å²) in [4.78, 5) is 27.1. The van der Waals surface area contributed by atoms with Crippen molar-refractivity contribution >= 4 is 17.5 Å². The van der Waals surface area contributed by atoms with E-state index in [1.54, 1.807) is 55.6 Å². The highest BCUT2D eigenvalue weighted by atomic mass is 16.5. The van der Waals surface area contributed by atoms with E-state index < -0.39 is 0 Å². The second-order valence-electron chi connectivity index (χ2n) is 6.74. The zero-order valence-corrected chi connectivity index (χ0v) is 15.2. The van der Waals surface area contributed by atoms with Gasteiger partial charge in [0.05, 0.1) is 7.11 Å². The third-order valence-electron chi connectivity index (χ3n) is 4.79. The molecule has 2 aromatic rings. The van der Waals surface area contributed by atoms with Crippen molar-refractivity contribution in [3.63, 3.8) is 0 Å². The topological polar surface area (TPSA) is 58.6 Å². The average molecular weight is 352 g/mol. The molecule has 0 spiro atoms. The maximum absolute atomic E-state index is 12.7. The van der Waals surface area contributed by atoms with Crippen molar-refractivity contribution in [3.05, 3.63) is 59.7 Å². The second-order valence-corrected chi connectivity index (χ2v) is 6.74. The number of likely N-dealkylation sites (tertiary alicyclic amines) is 1. The fourth-order valence-corrected chi connectivity index (χ4v) is 3.07. The van der Waals surface area contributed by atoms with Crippen LogP contribution in [0.1, 0.15) is 40.5 Å². The van der Waals surface area contributed by atoms with Crippen LogP contribution in [0.3, 0.4) is 0 Å². The van der Waals surface area contributed by atoms with Crippen LogP contribution < -0.4 is 10.1 Å². The minimum atomic E-state index is -0.239. The molecule has 5 heteroatoms. The summed E-state index contributed by atoms with van der Waals surface area (Å²) in [6.45, 7) is 3.77. The minimum absolute atomic E-state index is 0.00371. The summed E-state index contributed by atoms with van der Waals surface area (Å²) in [6.07, 6.45) is 2.06. The molecule has 1 aliphatic rings. The number of rotatable bonds is 4. The maximum Gasteiger partial charge on any atom is 0.255 e. The van der Waals surface area contributed by atoms with E-state index in [-0.39, 0.29) is 11.8 Å². The zero-order valence-electron chi connectivity index (χ0n) is 15.2. The van der Waals surface area contributed by atoms with Crippen LogP contribution >= 0.6 is 0 Å². The Hall–Kier alpha value is -2.82. The number of hydrogen-bond acceptors (Lipinski definition) is 3. The molecule has 26 heavy (non-hydrogen) atoms. The first-order chi connectivity index (χ1) is 12.6. The normalized spacial score (nSPS) is 14.8. The van der Waals surface area contributed by atoms with E-state index >= 15 is 0 Å². The van der Waals surface area contributed by atoms with Gasteiger partial charge in [0.2, 0.25) is 0 Å². The molecule has 0 atom stereocenters. The highest BCUT2D eigenvalue weighted by Crippen LogP contribution is 2.19. The van der Waals surface area contributed by atoms with Crippen LogP contribution in [0.2, 0.25) is 0 Å². The summed E-state index contributed by atoms with van der Waals surface area (Å²) in [7, 11) is 1.60. The van der Waals surface area contributed by atoms with Crippen LogP contribution in [-0.2, 0) is 0 Å². The zero-order chi connectivity index (χ0) is 18.5. The van der Waals surface area contributed by atoms with Gasteiger partial charge in [0.15, 0.2) is 0 Å². The summed E-state index contributed by atoms with van der Waals surface area (Å²) < 4.78 is 5.11. The SMILES string of the molecule is COc1ccc(NC(=O)c2cccc(C(=O)N3CCC(C)CC3)c2)cc1. The predicted molar refractivity (Wildman–Crippen MR) is 102 cm³/mol. The Morgan fingerprint density at radius 2 is 1.69 bits per heavy atom. The third-order valence-corrected chi connectivity index (χ3v) is 4.79. The molecule has 1 saturated heterocycles. The number of carbonyl (C=O) groups excluding carboxylic acids is 2. The van der Waals surface area contributed by atoms with Gasteiger partial charge >= 0.3 is 0 Å². The van der Waals surface area contributed by atoms with Crippen LogP contribution in [0.5, 0.6) is 5.75 Å². The van der Waals surface area contributed by atoms with Crippen LogP contribution in [0.4, 0.5) is 5.69 Å². The lowest BCUT2D eigenvalue weighted by molar-refractivity contribution is 0.0697. The molecule has 0 aromatic heterocycles. The van der Waals surface area contributed by atoms with Crippen molar-refractivity contribution < 1.29 is 14.3 Å². The molecule has 1 heterocycles. The third kappa shape index (κ3) is 4.23. The predicted octanol–water partition coefficient (Wildman–Crippen LogP) is 3.82. The van der Waals surface area contributed by atoms with E-state index in [9.17, 15) is 9.59 Å². The smallest absolute Gasteiger partial charge is 0.255 e. The molecule has 1 aliphatic heterocycles. The summed E-state index contributed by atoms with van der Waals surface area (Å²) in [5, 5.41) is 2.84. The van der Waals surface area contributed by atoms with Crippen LogP contribution in [0.25, 0.3) is 0 Å². The lowest BCUT2D eigenvalue weighted by atomic mass is 9.98. The van der Waals surface area contributed by atoms with Crippen LogP contribution in [-0.4, -0.2) is 36.9 Å². The first-order valence-corrected chi connectivity index (χ1v) is 8.91. The van der Waals surface area contributed by atoms with Crippen molar-refractivity contribution in [1.82, 2.24) is 4.90 Å². The van der Waals surface area contributed by atoms with Gasteiger partial charge in [-0.15, -0.1) is 0 Å². The number of hydrogen-bond donors (Lipinski definition) is 1. The highest BCUT2D eigenvalue weighted by molar-refractivity contribution is 6.06. The average Bonchev–Trinajstić information content (AvgIpc) is 2.68. The first-order valence-electron chi connectivity index (χ1n) is 8.91. The molecule has 1 N–H and O–H groups in total. The molecule has 0 radical (unpaired) electrons. The molecule has 2 aromatic carbocycles. The molecule has 136 valence electrons. The van der Waals surface area contributed by atoms with Gasteiger partial charge in [-0.05, 0) is 61.2 Å². The van der Waals surface area contributed by atoms with E-state index in [1.165, 1.54) is 0 Å². The molecule has 1 fully saturated rings. The summed E-state index contributed by atoms with van der Waals surface area (Å²) in [5.41, 5.74) is 1.71. The van der Waals surface area contributed by atoms with E-state index in [1.807, 2.05) is 4.90 Å². The Labute approximate surface area is 154 Å². The Morgan fingerprint density at radius 3 is 2.35 bits per heavy atom. The fraction of sp³-hybridized carbons (Fsp3) is 0.333. The van der Waals surface area contributed by atoms with Gasteiger partial charge in [0.25, 0.3) is 11.8 Å². The number of anilines is 1. The number of ether oxygens (including phenoxy) is 1. The molecule has 3 rings (SSSR count). The molecule has 0 saturated carbocycles. The number of nitrogens with one attached hydrogen (secondary N) is 1. The van der Waals surface area contributed by atoms with Gasteiger partial charge in [0.1, 0.15) is 5.75 Å². The summed E-state index contributed by atoms with van der Waals surface area (Å²) in [6, 6.07) is 14.0. The molecular weight excluding hydrogens is 328 g/mol. The lowest BCUT2D eigenvalue weighted by Gasteiger charge is -2.30. The van der Waals surface area contributed by atoms with Gasteiger partial charge < -0.3 is 15.0 Å². The van der Waals surface area contributed by atoms with Gasteiger partial charge in [-0.2, -0.15) is 0 Å². The largest absolute Gasteiger partial charge is 0.497 e. The van der Waals surface area contributed by atoms with E-state index in [0.29, 0.717) is 22.7 Å². The number of nitrogens with zero attached hydrogens (tertiary/aromatic N) is 1. The second kappa shape index (κ2) is 8.04. The molecule has 0 unspecified atom stereocenters. The monoisotopic (exact) mass is 352 g/mol. The standard InChI is InChI=1S/C21H24N2O3/c1-15-10-12-23(13-11-15)21(25)17-5-3-4-16(14-17)20(24)22-18-6-8-19(26-2)9-7-18/h3-9,14-15H,10-13H2,1-2H3,(H,22,24). The summed E-state index contributed by atoms with van der Waals surface area (Å²) in [5.74, 6) is 1.15. The molecule has 2 amide bonds. The number of carbonyl (C=O) groups is 2. The van der Waals surface area contributed by atoms with Gasteiger partial charge in [-0.25, -0.2) is 0 Å². The van der Waals surface area contributed by atoms with Crippen LogP contribution in [0.15, 0.2) is 48.5 Å². The Balaban J connectivity index is 1.69. The van der Waals surface area contributed by atoms with E-state index in [4.69, 9.17) is 4.74 Å². The molecular formula is C21H24N2O3. The number of benzene rings is 2. The molecule has 0 aliphatic carbocycles. The molecule has 0 bridgehead atoms. The summed E-state index contributed by atoms with van der Waals surface area (Å²) >= 11 is 0. The Bertz CT molecular complexity index is 778. The fourth-order valence-electron chi connectivity index (χ4n) is 3.07. The van der Waals surface area contributed by atoms with Crippen molar-refractivity contribution in [3.8, 4) is 5.75 Å². The van der Waals surface area contributed by atoms with Crippen molar-refractivity contribution in [2.24, 2.45) is 5.92 Å². The number of piperidine rings is 1. The van der Waals surface area contributed by atoms with Crippen molar-refractivity contribution in [2.75, 3.05) is 25.5 Å². The van der Waals surface area contributed by atoms with Crippen molar-refractivity contribution in [2.45, 2.75) is 19.8 Å².